The van der Waals surface area contributed by atoms with E-state index in [1.807, 2.05) is 32.9 Å². The Morgan fingerprint density at radius 3 is 2.19 bits per heavy atom. The first-order valence-electron chi connectivity index (χ1n) is 10.1. The lowest BCUT2D eigenvalue weighted by molar-refractivity contribution is -0.122. The molecule has 0 aromatic heterocycles. The molecule has 0 aliphatic heterocycles. The molecule has 0 fully saturated rings. The summed E-state index contributed by atoms with van der Waals surface area (Å²) in [5.41, 5.74) is 3.63. The SMILES string of the molecule is CCC(NC(=O)C(C)N(c1ccc(OC)c(OC)c1)S(C)(=O)=O)c1ccc(C)c(C)c1. The van der Waals surface area contributed by atoms with Crippen LogP contribution in [-0.4, -0.2) is 40.8 Å². The van der Waals surface area contributed by atoms with Crippen LogP contribution in [0.3, 0.4) is 0 Å². The third-order valence-corrected chi connectivity index (χ3v) is 6.61. The Bertz CT molecular complexity index is 1040. The minimum absolute atomic E-state index is 0.221. The van der Waals surface area contributed by atoms with E-state index in [4.69, 9.17) is 9.47 Å². The molecule has 2 atom stereocenters. The van der Waals surface area contributed by atoms with Crippen molar-refractivity contribution in [3.05, 3.63) is 53.1 Å². The lowest BCUT2D eigenvalue weighted by Gasteiger charge is -2.30. The minimum atomic E-state index is -3.75. The lowest BCUT2D eigenvalue weighted by Crippen LogP contribution is -2.48. The molecule has 0 heterocycles. The van der Waals surface area contributed by atoms with E-state index in [1.165, 1.54) is 19.8 Å². The number of methoxy groups -OCH3 is 2. The van der Waals surface area contributed by atoms with Crippen LogP contribution >= 0.6 is 0 Å². The van der Waals surface area contributed by atoms with Crippen molar-refractivity contribution in [1.29, 1.82) is 0 Å². The van der Waals surface area contributed by atoms with Crippen LogP contribution in [-0.2, 0) is 14.8 Å². The number of carbonyl (C=O) groups is 1. The molecule has 1 N–H and O–H groups in total. The molecule has 8 heteroatoms. The number of carbonyl (C=O) groups excluding carboxylic acids is 1. The zero-order chi connectivity index (χ0) is 23.3. The molecule has 1 amide bonds. The summed E-state index contributed by atoms with van der Waals surface area (Å²) in [4.78, 5) is 13.1. The van der Waals surface area contributed by atoms with Gasteiger partial charge in [-0.1, -0.05) is 25.1 Å². The molecule has 0 saturated carbocycles. The first-order valence-corrected chi connectivity index (χ1v) is 12.0. The Morgan fingerprint density at radius 1 is 1.03 bits per heavy atom. The molecule has 0 bridgehead atoms. The minimum Gasteiger partial charge on any atom is -0.493 e. The van der Waals surface area contributed by atoms with Gasteiger partial charge in [0, 0.05) is 6.07 Å². The highest BCUT2D eigenvalue weighted by Crippen LogP contribution is 2.33. The Balaban J connectivity index is 2.35. The highest BCUT2D eigenvalue weighted by molar-refractivity contribution is 7.92. The van der Waals surface area contributed by atoms with Gasteiger partial charge in [-0.3, -0.25) is 9.10 Å². The largest absolute Gasteiger partial charge is 0.493 e. The second-order valence-electron chi connectivity index (χ2n) is 7.59. The Kier molecular flexibility index (Phi) is 7.95. The van der Waals surface area contributed by atoms with Gasteiger partial charge in [-0.05, 0) is 56.0 Å². The summed E-state index contributed by atoms with van der Waals surface area (Å²) in [5.74, 6) is 0.464. The summed E-state index contributed by atoms with van der Waals surface area (Å²) in [6.07, 6.45) is 1.75. The van der Waals surface area contributed by atoms with Gasteiger partial charge in [0.25, 0.3) is 0 Å². The van der Waals surface area contributed by atoms with Crippen molar-refractivity contribution in [1.82, 2.24) is 5.32 Å². The van der Waals surface area contributed by atoms with E-state index in [-0.39, 0.29) is 11.9 Å². The second kappa shape index (κ2) is 10.0. The normalized spacial score (nSPS) is 13.3. The first-order chi connectivity index (χ1) is 14.5. The maximum absolute atomic E-state index is 13.1. The molecule has 170 valence electrons. The number of benzene rings is 2. The van der Waals surface area contributed by atoms with Crippen LogP contribution in [0.15, 0.2) is 36.4 Å². The van der Waals surface area contributed by atoms with Gasteiger partial charge in [0.2, 0.25) is 15.9 Å². The topological polar surface area (TPSA) is 84.9 Å². The molecule has 0 aliphatic carbocycles. The second-order valence-corrected chi connectivity index (χ2v) is 9.45. The molecular formula is C23H32N2O5S. The fourth-order valence-electron chi connectivity index (χ4n) is 3.47. The number of rotatable bonds is 9. The molecule has 31 heavy (non-hydrogen) atoms. The maximum atomic E-state index is 13.1. The average Bonchev–Trinajstić information content (AvgIpc) is 2.72. The highest BCUT2D eigenvalue weighted by Gasteiger charge is 2.31. The van der Waals surface area contributed by atoms with Crippen LogP contribution in [0.5, 0.6) is 11.5 Å². The van der Waals surface area contributed by atoms with Crippen molar-refractivity contribution in [3.8, 4) is 11.5 Å². The summed E-state index contributed by atoms with van der Waals surface area (Å²) in [5, 5.41) is 3.00. The summed E-state index contributed by atoms with van der Waals surface area (Å²) < 4.78 is 36.8. The lowest BCUT2D eigenvalue weighted by atomic mass is 9.99. The fourth-order valence-corrected chi connectivity index (χ4v) is 4.63. The van der Waals surface area contributed by atoms with Crippen molar-refractivity contribution < 1.29 is 22.7 Å². The number of hydrogen-bond donors (Lipinski definition) is 1. The van der Waals surface area contributed by atoms with Crippen molar-refractivity contribution in [2.24, 2.45) is 0 Å². The molecule has 2 unspecified atom stereocenters. The molecule has 0 aliphatic rings. The fraction of sp³-hybridized carbons (Fsp3) is 0.435. The van der Waals surface area contributed by atoms with Gasteiger partial charge >= 0.3 is 0 Å². The standard InChI is InChI=1S/C23H32N2O5S/c1-8-20(18-10-9-15(2)16(3)13-18)24-23(26)17(4)25(31(7,27)28)19-11-12-21(29-5)22(14-19)30-6/h9-14,17,20H,8H2,1-7H3,(H,24,26). The molecule has 0 radical (unpaired) electrons. The highest BCUT2D eigenvalue weighted by atomic mass is 32.2. The zero-order valence-corrected chi connectivity index (χ0v) is 20.0. The summed E-state index contributed by atoms with van der Waals surface area (Å²) >= 11 is 0. The van der Waals surface area contributed by atoms with Gasteiger partial charge in [0.05, 0.1) is 32.2 Å². The smallest absolute Gasteiger partial charge is 0.244 e. The number of hydrogen-bond acceptors (Lipinski definition) is 5. The summed E-state index contributed by atoms with van der Waals surface area (Å²) in [6, 6.07) is 9.63. The third kappa shape index (κ3) is 5.70. The molecule has 2 aromatic rings. The molecule has 0 saturated heterocycles. The van der Waals surface area contributed by atoms with E-state index < -0.39 is 16.1 Å². The predicted molar refractivity (Wildman–Crippen MR) is 123 cm³/mol. The van der Waals surface area contributed by atoms with E-state index in [2.05, 4.69) is 11.4 Å². The Morgan fingerprint density at radius 2 is 1.68 bits per heavy atom. The average molecular weight is 449 g/mol. The quantitative estimate of drug-likeness (QED) is 0.632. The van der Waals surface area contributed by atoms with Crippen LogP contribution in [0.25, 0.3) is 0 Å². The predicted octanol–water partition coefficient (Wildman–Crippen LogP) is 3.74. The van der Waals surface area contributed by atoms with Crippen molar-refractivity contribution in [2.45, 2.75) is 46.2 Å². The van der Waals surface area contributed by atoms with Crippen LogP contribution in [0.2, 0.25) is 0 Å². The Labute approximate surface area is 185 Å². The summed E-state index contributed by atoms with van der Waals surface area (Å²) in [7, 11) is -0.780. The van der Waals surface area contributed by atoms with Gasteiger partial charge in [-0.15, -0.1) is 0 Å². The van der Waals surface area contributed by atoms with Crippen LogP contribution in [0, 0.1) is 13.8 Å². The van der Waals surface area contributed by atoms with Gasteiger partial charge in [0.15, 0.2) is 11.5 Å². The van der Waals surface area contributed by atoms with Crippen molar-refractivity contribution in [2.75, 3.05) is 24.8 Å². The Hall–Kier alpha value is -2.74. The van der Waals surface area contributed by atoms with Crippen LogP contribution in [0.4, 0.5) is 5.69 Å². The number of sulfonamides is 1. The monoisotopic (exact) mass is 448 g/mol. The van der Waals surface area contributed by atoms with E-state index in [1.54, 1.807) is 25.1 Å². The molecular weight excluding hydrogens is 416 g/mol. The number of aryl methyl sites for hydroxylation is 2. The molecule has 0 spiro atoms. The first kappa shape index (κ1) is 24.5. The van der Waals surface area contributed by atoms with Crippen molar-refractivity contribution in [3.63, 3.8) is 0 Å². The maximum Gasteiger partial charge on any atom is 0.244 e. The van der Waals surface area contributed by atoms with Crippen LogP contribution in [0.1, 0.15) is 43.0 Å². The number of amides is 1. The number of anilines is 1. The van der Waals surface area contributed by atoms with E-state index in [9.17, 15) is 13.2 Å². The van der Waals surface area contributed by atoms with E-state index in [0.717, 1.165) is 21.7 Å². The number of nitrogens with one attached hydrogen (secondary N) is 1. The van der Waals surface area contributed by atoms with Gasteiger partial charge in [-0.25, -0.2) is 8.42 Å². The van der Waals surface area contributed by atoms with Crippen LogP contribution < -0.4 is 19.1 Å². The van der Waals surface area contributed by atoms with Gasteiger partial charge in [-0.2, -0.15) is 0 Å². The van der Waals surface area contributed by atoms with Gasteiger partial charge in [0.1, 0.15) is 6.04 Å². The molecule has 7 nitrogen and oxygen atoms in total. The zero-order valence-electron chi connectivity index (χ0n) is 19.2. The number of nitrogens with zero attached hydrogens (tertiary/aromatic N) is 1. The third-order valence-electron chi connectivity index (χ3n) is 5.37. The molecule has 2 rings (SSSR count). The van der Waals surface area contributed by atoms with Crippen molar-refractivity contribution >= 4 is 21.6 Å². The van der Waals surface area contributed by atoms with Gasteiger partial charge < -0.3 is 14.8 Å². The van der Waals surface area contributed by atoms with E-state index >= 15 is 0 Å². The number of ether oxygens (including phenoxy) is 2. The molecule has 2 aromatic carbocycles. The van der Waals surface area contributed by atoms with E-state index in [0.29, 0.717) is 23.6 Å². The summed E-state index contributed by atoms with van der Waals surface area (Å²) in [6.45, 7) is 7.61.